The summed E-state index contributed by atoms with van der Waals surface area (Å²) in [6.45, 7) is 3.91. The minimum absolute atomic E-state index is 0.112. The van der Waals surface area contributed by atoms with Crippen LogP contribution in [0.25, 0.3) is 0 Å². The second-order valence-electron chi connectivity index (χ2n) is 7.45. The highest BCUT2D eigenvalue weighted by Crippen LogP contribution is 2.49. The molecule has 4 heteroatoms. The summed E-state index contributed by atoms with van der Waals surface area (Å²) in [5, 5.41) is 12.8. The molecule has 1 fully saturated rings. The molecule has 1 aliphatic heterocycles. The molecule has 0 radical (unpaired) electrons. The zero-order valence-electron chi connectivity index (χ0n) is 15.1. The van der Waals surface area contributed by atoms with Crippen molar-refractivity contribution in [1.29, 1.82) is 5.26 Å². The molecule has 0 bridgehead atoms. The van der Waals surface area contributed by atoms with Crippen LogP contribution in [-0.2, 0) is 4.79 Å². The van der Waals surface area contributed by atoms with Crippen molar-refractivity contribution in [1.82, 2.24) is 0 Å². The van der Waals surface area contributed by atoms with Crippen molar-refractivity contribution < 1.29 is 4.79 Å². The van der Waals surface area contributed by atoms with E-state index in [2.05, 4.69) is 30.4 Å². The lowest BCUT2D eigenvalue weighted by Crippen LogP contribution is -2.51. The maximum absolute atomic E-state index is 12.5. The molecule has 132 valence electrons. The van der Waals surface area contributed by atoms with Gasteiger partial charge in [-0.25, -0.2) is 0 Å². The number of amides is 1. The van der Waals surface area contributed by atoms with E-state index < -0.39 is 0 Å². The van der Waals surface area contributed by atoms with Crippen molar-refractivity contribution in [3.8, 4) is 6.07 Å². The Morgan fingerprint density at radius 2 is 1.96 bits per heavy atom. The maximum atomic E-state index is 12.5. The molecule has 1 aliphatic carbocycles. The average molecular weight is 345 g/mol. The topological polar surface area (TPSA) is 56.1 Å². The number of hydrogen-bond acceptors (Lipinski definition) is 3. The number of fused-ring (bicyclic) bond motifs is 1. The Hall–Kier alpha value is -2.80. The van der Waals surface area contributed by atoms with Gasteiger partial charge in [0.15, 0.2) is 0 Å². The predicted octanol–water partition coefficient (Wildman–Crippen LogP) is 4.49. The monoisotopic (exact) mass is 345 g/mol. The van der Waals surface area contributed by atoms with Gasteiger partial charge >= 0.3 is 0 Å². The fraction of sp³-hybridized carbons (Fsp3) is 0.364. The molecule has 2 aliphatic rings. The Labute approximate surface area is 154 Å². The van der Waals surface area contributed by atoms with Gasteiger partial charge in [0.25, 0.3) is 0 Å². The van der Waals surface area contributed by atoms with E-state index in [0.717, 1.165) is 16.9 Å². The van der Waals surface area contributed by atoms with Crippen molar-refractivity contribution in [2.24, 2.45) is 11.8 Å². The van der Waals surface area contributed by atoms with Gasteiger partial charge in [0, 0.05) is 30.3 Å². The number of hydrogen-bond donors (Lipinski definition) is 1. The highest BCUT2D eigenvalue weighted by molar-refractivity contribution is 5.94. The van der Waals surface area contributed by atoms with Gasteiger partial charge in [0.2, 0.25) is 5.91 Å². The van der Waals surface area contributed by atoms with Crippen molar-refractivity contribution in [2.75, 3.05) is 10.2 Å². The Kier molecular flexibility index (Phi) is 4.16. The number of nitrogens with one attached hydrogen (secondary N) is 1. The maximum Gasteiger partial charge on any atom is 0.224 e. The van der Waals surface area contributed by atoms with Gasteiger partial charge < -0.3 is 10.2 Å². The van der Waals surface area contributed by atoms with Crippen LogP contribution in [0.1, 0.15) is 43.9 Å². The van der Waals surface area contributed by atoms with Crippen molar-refractivity contribution in [3.63, 3.8) is 0 Å². The quantitative estimate of drug-likeness (QED) is 0.891. The number of anilines is 2. The molecule has 1 saturated carbocycles. The van der Waals surface area contributed by atoms with Crippen LogP contribution in [0.4, 0.5) is 11.4 Å². The fourth-order valence-corrected chi connectivity index (χ4v) is 4.37. The molecule has 1 amide bonds. The number of carbonyl (C=O) groups is 1. The zero-order valence-corrected chi connectivity index (χ0v) is 15.1. The Morgan fingerprint density at radius 3 is 2.65 bits per heavy atom. The van der Waals surface area contributed by atoms with E-state index in [9.17, 15) is 10.1 Å². The minimum atomic E-state index is 0.112. The van der Waals surface area contributed by atoms with E-state index in [4.69, 9.17) is 0 Å². The van der Waals surface area contributed by atoms with Gasteiger partial charge in [0.05, 0.1) is 17.7 Å². The van der Waals surface area contributed by atoms with Crippen LogP contribution in [0.15, 0.2) is 48.5 Å². The first kappa shape index (κ1) is 16.7. The lowest BCUT2D eigenvalue weighted by Gasteiger charge is -2.46. The highest BCUT2D eigenvalue weighted by atomic mass is 16.2. The van der Waals surface area contributed by atoms with E-state index >= 15 is 0 Å². The lowest BCUT2D eigenvalue weighted by atomic mass is 9.80. The SMILES string of the molecule is CC(=O)N1c2ccccc2C(Nc2cccc(C#N)c2)[C@@H](C)[C@@H]1C1CC1. The summed E-state index contributed by atoms with van der Waals surface area (Å²) in [7, 11) is 0. The minimum Gasteiger partial charge on any atom is -0.378 e. The van der Waals surface area contributed by atoms with Crippen LogP contribution in [0.2, 0.25) is 0 Å². The van der Waals surface area contributed by atoms with Crippen molar-refractivity contribution in [2.45, 2.75) is 38.8 Å². The molecule has 4 rings (SSSR count). The predicted molar refractivity (Wildman–Crippen MR) is 103 cm³/mol. The fourth-order valence-electron chi connectivity index (χ4n) is 4.37. The van der Waals surface area contributed by atoms with E-state index in [1.807, 2.05) is 41.3 Å². The Bertz CT molecular complexity index is 881. The van der Waals surface area contributed by atoms with Gasteiger partial charge in [0.1, 0.15) is 0 Å². The first-order valence-corrected chi connectivity index (χ1v) is 9.25. The summed E-state index contributed by atoms with van der Waals surface area (Å²) < 4.78 is 0. The second-order valence-corrected chi connectivity index (χ2v) is 7.45. The normalized spacial score (nSPS) is 24.5. The molecule has 0 saturated heterocycles. The third-order valence-corrected chi connectivity index (χ3v) is 5.65. The van der Waals surface area contributed by atoms with Crippen LogP contribution in [-0.4, -0.2) is 11.9 Å². The third kappa shape index (κ3) is 2.84. The number of nitriles is 1. The molecular weight excluding hydrogens is 322 g/mol. The largest absolute Gasteiger partial charge is 0.378 e. The Balaban J connectivity index is 1.76. The molecule has 4 nitrogen and oxygen atoms in total. The molecule has 2 aromatic carbocycles. The van der Waals surface area contributed by atoms with Crippen LogP contribution in [0.5, 0.6) is 0 Å². The standard InChI is InChI=1S/C22H23N3O/c1-14-21(24-18-7-5-6-16(12-18)13-23)19-8-3-4-9-20(19)25(15(2)26)22(14)17-10-11-17/h3-9,12,14,17,21-22,24H,10-11H2,1-2H3/t14-,21?,22-/m1/s1. The molecule has 26 heavy (non-hydrogen) atoms. The summed E-state index contributed by atoms with van der Waals surface area (Å²) in [5.41, 5.74) is 3.76. The molecular formula is C22H23N3O. The first-order valence-electron chi connectivity index (χ1n) is 9.25. The van der Waals surface area contributed by atoms with Crippen LogP contribution < -0.4 is 10.2 Å². The van der Waals surface area contributed by atoms with Gasteiger partial charge in [-0.15, -0.1) is 0 Å². The molecule has 0 aromatic heterocycles. The van der Waals surface area contributed by atoms with Gasteiger partial charge in [-0.2, -0.15) is 5.26 Å². The number of rotatable bonds is 3. The summed E-state index contributed by atoms with van der Waals surface area (Å²) in [5.74, 6) is 0.982. The number of para-hydroxylation sites is 1. The average Bonchev–Trinajstić information content (AvgIpc) is 3.48. The molecule has 1 N–H and O–H groups in total. The molecule has 0 spiro atoms. The second kappa shape index (κ2) is 6.49. The van der Waals surface area contributed by atoms with E-state index in [-0.39, 0.29) is 23.9 Å². The number of benzene rings is 2. The van der Waals surface area contributed by atoms with E-state index in [1.54, 1.807) is 6.92 Å². The lowest BCUT2D eigenvalue weighted by molar-refractivity contribution is -0.117. The summed E-state index contributed by atoms with van der Waals surface area (Å²) in [6, 6.07) is 18.3. The zero-order chi connectivity index (χ0) is 18.3. The summed E-state index contributed by atoms with van der Waals surface area (Å²) in [6.07, 6.45) is 2.38. The molecule has 3 atom stereocenters. The smallest absolute Gasteiger partial charge is 0.224 e. The van der Waals surface area contributed by atoms with Crippen LogP contribution in [0.3, 0.4) is 0 Å². The van der Waals surface area contributed by atoms with Crippen molar-refractivity contribution in [3.05, 3.63) is 59.7 Å². The summed E-state index contributed by atoms with van der Waals surface area (Å²) >= 11 is 0. The number of nitrogens with zero attached hydrogens (tertiary/aromatic N) is 2. The molecule has 2 aromatic rings. The number of carbonyl (C=O) groups excluding carboxylic acids is 1. The van der Waals surface area contributed by atoms with Crippen LogP contribution in [0, 0.1) is 23.2 Å². The van der Waals surface area contributed by atoms with Gasteiger partial charge in [-0.1, -0.05) is 31.2 Å². The van der Waals surface area contributed by atoms with Gasteiger partial charge in [-0.3, -0.25) is 4.79 Å². The first-order chi connectivity index (χ1) is 12.6. The van der Waals surface area contributed by atoms with Crippen molar-refractivity contribution >= 4 is 17.3 Å². The molecule has 1 unspecified atom stereocenters. The Morgan fingerprint density at radius 1 is 1.19 bits per heavy atom. The highest BCUT2D eigenvalue weighted by Gasteiger charge is 2.47. The van der Waals surface area contributed by atoms with E-state index in [0.29, 0.717) is 11.5 Å². The van der Waals surface area contributed by atoms with Crippen LogP contribution >= 0.6 is 0 Å². The van der Waals surface area contributed by atoms with Gasteiger partial charge in [-0.05, 0) is 48.6 Å². The molecule has 1 heterocycles. The third-order valence-electron chi connectivity index (χ3n) is 5.65. The summed E-state index contributed by atoms with van der Waals surface area (Å²) in [4.78, 5) is 14.5. The van der Waals surface area contributed by atoms with E-state index in [1.165, 1.54) is 12.8 Å².